The van der Waals surface area contributed by atoms with Crippen molar-refractivity contribution in [3.8, 4) is 5.75 Å². The minimum Gasteiger partial charge on any atom is -0.486 e. The number of nitrogens with zero attached hydrogens (tertiary/aromatic N) is 2. The first kappa shape index (κ1) is 24.4. The minimum atomic E-state index is -0.437. The Hall–Kier alpha value is -2.91. The van der Waals surface area contributed by atoms with Gasteiger partial charge in [0.1, 0.15) is 18.5 Å². The van der Waals surface area contributed by atoms with E-state index in [9.17, 15) is 0 Å². The number of aliphatic imine (C=N–C) groups is 1. The quantitative estimate of drug-likeness (QED) is 0.102. The van der Waals surface area contributed by atoms with Crippen LogP contribution in [0.15, 0.2) is 53.3 Å². The van der Waals surface area contributed by atoms with Crippen LogP contribution in [0.25, 0.3) is 5.70 Å². The van der Waals surface area contributed by atoms with E-state index in [2.05, 4.69) is 14.9 Å². The van der Waals surface area contributed by atoms with Crippen LogP contribution in [0.2, 0.25) is 10.0 Å². The number of nitrogens with two attached hydrogens (primary N) is 2. The molecule has 0 fully saturated rings. The molecule has 0 saturated heterocycles. The number of rotatable bonds is 10. The summed E-state index contributed by atoms with van der Waals surface area (Å²) < 4.78 is 5.99. The van der Waals surface area contributed by atoms with Gasteiger partial charge in [0.2, 0.25) is 0 Å². The van der Waals surface area contributed by atoms with E-state index < -0.39 is 6.10 Å². The van der Waals surface area contributed by atoms with Crippen molar-refractivity contribution < 1.29 is 14.9 Å². The molecule has 2 aromatic rings. The molecule has 0 spiro atoms. The third-order valence-electron chi connectivity index (χ3n) is 4.12. The maximum Gasteiger partial charge on any atom is 0.124 e. The van der Waals surface area contributed by atoms with Crippen LogP contribution in [0.3, 0.4) is 0 Å². The number of halogens is 2. The molecule has 1 heterocycles. The van der Waals surface area contributed by atoms with E-state index in [0.29, 0.717) is 43.9 Å². The van der Waals surface area contributed by atoms with Gasteiger partial charge in [0.15, 0.2) is 0 Å². The molecule has 0 aliphatic heterocycles. The molecule has 6 N–H and O–H groups in total. The lowest BCUT2D eigenvalue weighted by Crippen LogP contribution is -2.07. The Labute approximate surface area is 190 Å². The average molecular weight is 464 g/mol. The number of benzene rings is 1. The molecule has 164 valence electrons. The zero-order chi connectivity index (χ0) is 22.8. The van der Waals surface area contributed by atoms with Gasteiger partial charge < -0.3 is 21.6 Å². The molecular formula is C21H23Cl2N5O3. The molecule has 0 saturated carbocycles. The Morgan fingerprint density at radius 2 is 2.00 bits per heavy atom. The summed E-state index contributed by atoms with van der Waals surface area (Å²) in [5.74, 6) is 0.527. The van der Waals surface area contributed by atoms with E-state index in [4.69, 9.17) is 50.1 Å². The van der Waals surface area contributed by atoms with E-state index in [-0.39, 0.29) is 13.2 Å². The number of hydrogen-bond acceptors (Lipinski definition) is 8. The summed E-state index contributed by atoms with van der Waals surface area (Å²) in [4.78, 5) is 11.9. The van der Waals surface area contributed by atoms with E-state index in [1.807, 2.05) is 6.92 Å². The zero-order valence-corrected chi connectivity index (χ0v) is 18.3. The zero-order valence-electron chi connectivity index (χ0n) is 16.8. The highest BCUT2D eigenvalue weighted by Crippen LogP contribution is 2.33. The second kappa shape index (κ2) is 12.1. The first-order valence-electron chi connectivity index (χ1n) is 9.17. The molecule has 2 rings (SSSR count). The van der Waals surface area contributed by atoms with Gasteiger partial charge >= 0.3 is 0 Å². The Bertz CT molecular complexity index is 988. The van der Waals surface area contributed by atoms with Crippen molar-refractivity contribution in [2.24, 2.45) is 10.7 Å². The normalized spacial score (nSPS) is 13.4. The fourth-order valence-corrected chi connectivity index (χ4v) is 3.27. The highest BCUT2D eigenvalue weighted by Gasteiger charge is 2.16. The molecule has 8 nitrogen and oxygen atoms in total. The van der Waals surface area contributed by atoms with Crippen LogP contribution in [0.4, 0.5) is 5.69 Å². The molecule has 0 bridgehead atoms. The number of anilines is 1. The van der Waals surface area contributed by atoms with Crippen LogP contribution in [-0.4, -0.2) is 35.8 Å². The Kier molecular flexibility index (Phi) is 9.48. The van der Waals surface area contributed by atoms with Crippen LogP contribution in [0, 0.1) is 5.41 Å². The van der Waals surface area contributed by atoms with Crippen molar-refractivity contribution >= 4 is 47.0 Å². The Morgan fingerprint density at radius 1 is 1.29 bits per heavy atom. The van der Waals surface area contributed by atoms with E-state index in [1.165, 1.54) is 18.6 Å². The molecular weight excluding hydrogens is 441 g/mol. The van der Waals surface area contributed by atoms with Gasteiger partial charge in [-0.25, -0.2) is 4.89 Å². The summed E-state index contributed by atoms with van der Waals surface area (Å²) in [7, 11) is 0. The summed E-state index contributed by atoms with van der Waals surface area (Å²) >= 11 is 12.4. The smallest absolute Gasteiger partial charge is 0.124 e. The van der Waals surface area contributed by atoms with Gasteiger partial charge in [-0.15, -0.1) is 0 Å². The van der Waals surface area contributed by atoms with Crippen molar-refractivity contribution in [1.82, 2.24) is 4.98 Å². The number of pyridine rings is 1. The molecule has 0 unspecified atom stereocenters. The van der Waals surface area contributed by atoms with Gasteiger partial charge in [0.25, 0.3) is 0 Å². The van der Waals surface area contributed by atoms with Gasteiger partial charge in [-0.2, -0.15) is 0 Å². The SMILES string of the molecule is C[C@H](Oc1ccc(N)c(C(N)=CC=C(C=N)C=NCCOO)c1)c1c(Cl)cncc1Cl. The second-order valence-corrected chi connectivity index (χ2v) is 7.14. The molecule has 0 radical (unpaired) electrons. The molecule has 0 amide bonds. The summed E-state index contributed by atoms with van der Waals surface area (Å²) in [5.41, 5.74) is 14.8. The van der Waals surface area contributed by atoms with Gasteiger partial charge in [-0.3, -0.25) is 15.2 Å². The van der Waals surface area contributed by atoms with Crippen LogP contribution in [0.5, 0.6) is 5.75 Å². The fraction of sp³-hybridized carbons (Fsp3) is 0.190. The second-order valence-electron chi connectivity index (χ2n) is 6.33. The number of aromatic nitrogens is 1. The molecule has 0 aliphatic carbocycles. The van der Waals surface area contributed by atoms with Crippen LogP contribution in [-0.2, 0) is 4.89 Å². The van der Waals surface area contributed by atoms with Crippen LogP contribution >= 0.6 is 23.2 Å². The molecule has 10 heteroatoms. The number of allylic oxidation sites excluding steroid dienone is 3. The standard InChI is InChI=1S/C21H23Cl2N5O3/c1-13(21-17(22)11-28-12-18(21)23)31-15-3-5-20(26)16(8-15)19(25)4-2-14(9-24)10-27-6-7-30-29/h2-5,8-13,24,29H,6-7,25-26H2,1H3/t13-/m0/s1. The number of hydrogen-bond donors (Lipinski definition) is 4. The first-order chi connectivity index (χ1) is 14.9. The third-order valence-corrected chi connectivity index (χ3v) is 4.72. The highest BCUT2D eigenvalue weighted by molar-refractivity contribution is 6.35. The molecule has 1 aromatic heterocycles. The van der Waals surface area contributed by atoms with Crippen LogP contribution in [0.1, 0.15) is 24.2 Å². The third kappa shape index (κ3) is 7.08. The van der Waals surface area contributed by atoms with E-state index >= 15 is 0 Å². The number of nitrogens with one attached hydrogen (secondary N) is 1. The lowest BCUT2D eigenvalue weighted by atomic mass is 10.1. The van der Waals surface area contributed by atoms with E-state index in [1.54, 1.807) is 30.4 Å². The molecule has 1 aromatic carbocycles. The van der Waals surface area contributed by atoms with E-state index in [0.717, 1.165) is 6.21 Å². The number of nitrogen functional groups attached to an aromatic ring is 1. The molecule has 1 atom stereocenters. The monoisotopic (exact) mass is 463 g/mol. The van der Waals surface area contributed by atoms with Crippen molar-refractivity contribution in [1.29, 1.82) is 5.41 Å². The largest absolute Gasteiger partial charge is 0.486 e. The predicted octanol–water partition coefficient (Wildman–Crippen LogP) is 4.55. The van der Waals surface area contributed by atoms with Crippen molar-refractivity contribution in [3.05, 3.63) is 69.5 Å². The molecule has 31 heavy (non-hydrogen) atoms. The maximum atomic E-state index is 8.29. The average Bonchev–Trinajstić information content (AvgIpc) is 2.74. The predicted molar refractivity (Wildman–Crippen MR) is 125 cm³/mol. The molecule has 0 aliphatic rings. The fourth-order valence-electron chi connectivity index (χ4n) is 2.60. The summed E-state index contributed by atoms with van der Waals surface area (Å²) in [6.45, 7) is 2.15. The van der Waals surface area contributed by atoms with Gasteiger partial charge in [-0.05, 0) is 37.3 Å². The maximum absolute atomic E-state index is 8.29. The number of ether oxygens (including phenoxy) is 1. The lowest BCUT2D eigenvalue weighted by Gasteiger charge is -2.18. The summed E-state index contributed by atoms with van der Waals surface area (Å²) in [5, 5.41) is 16.6. The minimum absolute atomic E-state index is 0.0669. The van der Waals surface area contributed by atoms with Crippen molar-refractivity contribution in [2.75, 3.05) is 18.9 Å². The van der Waals surface area contributed by atoms with Crippen LogP contribution < -0.4 is 16.2 Å². The summed E-state index contributed by atoms with van der Waals surface area (Å²) in [6.07, 6.45) is 8.41. The van der Waals surface area contributed by atoms with Gasteiger partial charge in [-0.1, -0.05) is 23.2 Å². The Morgan fingerprint density at radius 3 is 2.65 bits per heavy atom. The Balaban J connectivity index is 2.23. The summed E-state index contributed by atoms with van der Waals surface area (Å²) in [6, 6.07) is 5.12. The highest BCUT2D eigenvalue weighted by atomic mass is 35.5. The van der Waals surface area contributed by atoms with Crippen molar-refractivity contribution in [3.63, 3.8) is 0 Å². The topological polar surface area (TPSA) is 140 Å². The van der Waals surface area contributed by atoms with Crippen molar-refractivity contribution in [2.45, 2.75) is 13.0 Å². The first-order valence-corrected chi connectivity index (χ1v) is 9.92. The lowest BCUT2D eigenvalue weighted by molar-refractivity contribution is -0.239. The van der Waals surface area contributed by atoms with Gasteiger partial charge in [0.05, 0.1) is 16.6 Å². The van der Waals surface area contributed by atoms with Gasteiger partial charge in [0, 0.05) is 52.9 Å².